The second kappa shape index (κ2) is 2.73. The first-order chi connectivity index (χ1) is 6.18. The van der Waals surface area contributed by atoms with E-state index in [1.165, 1.54) is 12.1 Å². The Labute approximate surface area is 74.5 Å². The molecule has 68 valence electrons. The Morgan fingerprint density at radius 2 is 2.31 bits per heavy atom. The van der Waals surface area contributed by atoms with Crippen molar-refractivity contribution >= 4 is 11.6 Å². The Morgan fingerprint density at radius 3 is 3.08 bits per heavy atom. The quantitative estimate of drug-likeness (QED) is 0.659. The largest absolute Gasteiger partial charge is 0.476 e. The molecule has 0 saturated heterocycles. The van der Waals surface area contributed by atoms with Crippen LogP contribution in [-0.2, 0) is 4.79 Å². The van der Waals surface area contributed by atoms with Crippen LogP contribution in [0.1, 0.15) is 6.92 Å². The highest BCUT2D eigenvalue weighted by Gasteiger charge is 2.25. The zero-order valence-electron chi connectivity index (χ0n) is 7.00. The maximum Gasteiger partial charge on any atom is 0.265 e. The third kappa shape index (κ3) is 1.24. The van der Waals surface area contributed by atoms with E-state index in [9.17, 15) is 9.18 Å². The van der Waals surface area contributed by atoms with Crippen LogP contribution < -0.4 is 10.1 Å². The molecular weight excluding hydrogens is 173 g/mol. The van der Waals surface area contributed by atoms with Gasteiger partial charge in [0.15, 0.2) is 17.7 Å². The highest BCUT2D eigenvalue weighted by atomic mass is 19.1. The Kier molecular flexibility index (Phi) is 1.69. The molecule has 0 unspecified atom stereocenters. The van der Waals surface area contributed by atoms with Crippen LogP contribution in [0.2, 0.25) is 0 Å². The molecule has 1 N–H and O–H groups in total. The van der Waals surface area contributed by atoms with Crippen LogP contribution in [0.15, 0.2) is 18.2 Å². The average Bonchev–Trinajstić information content (AvgIpc) is 2.09. The van der Waals surface area contributed by atoms with Crippen molar-refractivity contribution in [3.05, 3.63) is 24.0 Å². The van der Waals surface area contributed by atoms with Gasteiger partial charge in [-0.05, 0) is 19.1 Å². The van der Waals surface area contributed by atoms with E-state index in [-0.39, 0.29) is 11.7 Å². The lowest BCUT2D eigenvalue weighted by atomic mass is 10.2. The number of carbonyl (C=O) groups is 1. The van der Waals surface area contributed by atoms with Gasteiger partial charge in [-0.15, -0.1) is 0 Å². The molecule has 0 aromatic heterocycles. The van der Waals surface area contributed by atoms with Crippen molar-refractivity contribution in [1.82, 2.24) is 0 Å². The van der Waals surface area contributed by atoms with Gasteiger partial charge in [0, 0.05) is 0 Å². The summed E-state index contributed by atoms with van der Waals surface area (Å²) in [5.74, 6) is -0.586. The van der Waals surface area contributed by atoms with E-state index >= 15 is 0 Å². The highest BCUT2D eigenvalue weighted by molar-refractivity contribution is 5.97. The molecule has 1 aliphatic rings. The standard InChI is InChI=1S/C9H8FNO2/c1-5-9(12)11-7-4-2-3-6(10)8(7)13-5/h2-5H,1H3,(H,11,12)/t5-/m0/s1. The molecule has 1 aliphatic heterocycles. The molecule has 3 nitrogen and oxygen atoms in total. The Morgan fingerprint density at radius 1 is 1.54 bits per heavy atom. The van der Waals surface area contributed by atoms with Gasteiger partial charge in [0.05, 0.1) is 5.69 Å². The minimum atomic E-state index is -0.635. The van der Waals surface area contributed by atoms with Gasteiger partial charge >= 0.3 is 0 Å². The Balaban J connectivity index is 2.48. The normalized spacial score (nSPS) is 20.2. The molecule has 1 aromatic rings. The second-order valence-electron chi connectivity index (χ2n) is 2.87. The summed E-state index contributed by atoms with van der Waals surface area (Å²) in [5.41, 5.74) is 0.392. The second-order valence-corrected chi connectivity index (χ2v) is 2.87. The van der Waals surface area contributed by atoms with E-state index in [1.807, 2.05) is 0 Å². The van der Waals surface area contributed by atoms with E-state index in [1.54, 1.807) is 13.0 Å². The van der Waals surface area contributed by atoms with E-state index in [2.05, 4.69) is 5.32 Å². The summed E-state index contributed by atoms with van der Waals surface area (Å²) in [5, 5.41) is 2.55. The van der Waals surface area contributed by atoms with Crippen molar-refractivity contribution in [1.29, 1.82) is 0 Å². The fraction of sp³-hybridized carbons (Fsp3) is 0.222. The summed E-state index contributed by atoms with van der Waals surface area (Å²) >= 11 is 0. The highest BCUT2D eigenvalue weighted by Crippen LogP contribution is 2.31. The summed E-state index contributed by atoms with van der Waals surface area (Å²) in [6.45, 7) is 1.57. The van der Waals surface area contributed by atoms with Gasteiger partial charge in [-0.1, -0.05) is 6.07 Å². The fourth-order valence-electron chi connectivity index (χ4n) is 1.19. The number of rotatable bonds is 0. The van der Waals surface area contributed by atoms with Crippen molar-refractivity contribution in [2.24, 2.45) is 0 Å². The SMILES string of the molecule is C[C@@H]1Oc2c(F)cccc2NC1=O. The van der Waals surface area contributed by atoms with Gasteiger partial charge < -0.3 is 10.1 Å². The van der Waals surface area contributed by atoms with Gasteiger partial charge in [-0.3, -0.25) is 4.79 Å². The number of hydrogen-bond donors (Lipinski definition) is 1. The van der Waals surface area contributed by atoms with Gasteiger partial charge in [0.2, 0.25) is 0 Å². The molecule has 0 aliphatic carbocycles. The molecule has 0 saturated carbocycles. The van der Waals surface area contributed by atoms with E-state index in [0.29, 0.717) is 5.69 Å². The number of nitrogens with one attached hydrogen (secondary N) is 1. The first kappa shape index (κ1) is 8.04. The van der Waals surface area contributed by atoms with Crippen molar-refractivity contribution in [2.75, 3.05) is 5.32 Å². The topological polar surface area (TPSA) is 38.3 Å². The first-order valence-corrected chi connectivity index (χ1v) is 3.94. The predicted octanol–water partition coefficient (Wildman–Crippen LogP) is 1.55. The number of hydrogen-bond acceptors (Lipinski definition) is 2. The van der Waals surface area contributed by atoms with Crippen LogP contribution in [0.3, 0.4) is 0 Å². The number of para-hydroxylation sites is 1. The van der Waals surface area contributed by atoms with Crippen molar-refractivity contribution in [3.8, 4) is 5.75 Å². The maximum absolute atomic E-state index is 13.1. The third-order valence-electron chi connectivity index (χ3n) is 1.89. The number of amides is 1. The van der Waals surface area contributed by atoms with Crippen molar-refractivity contribution < 1.29 is 13.9 Å². The van der Waals surface area contributed by atoms with Gasteiger partial charge in [-0.2, -0.15) is 0 Å². The van der Waals surface area contributed by atoms with Crippen LogP contribution in [0.25, 0.3) is 0 Å². The number of carbonyl (C=O) groups excluding carboxylic acids is 1. The molecule has 1 amide bonds. The summed E-state index contributed by atoms with van der Waals surface area (Å²) in [6.07, 6.45) is -0.635. The zero-order valence-corrected chi connectivity index (χ0v) is 7.00. The maximum atomic E-state index is 13.1. The molecule has 0 spiro atoms. The first-order valence-electron chi connectivity index (χ1n) is 3.94. The average molecular weight is 181 g/mol. The van der Waals surface area contributed by atoms with E-state index in [4.69, 9.17) is 4.74 Å². The summed E-state index contributed by atoms with van der Waals surface area (Å²) < 4.78 is 18.2. The predicted molar refractivity (Wildman–Crippen MR) is 45.1 cm³/mol. The smallest absolute Gasteiger partial charge is 0.265 e. The molecule has 0 bridgehead atoms. The lowest BCUT2D eigenvalue weighted by Gasteiger charge is -2.23. The summed E-state index contributed by atoms with van der Waals surface area (Å²) in [7, 11) is 0. The lowest BCUT2D eigenvalue weighted by Crippen LogP contribution is -2.34. The lowest BCUT2D eigenvalue weighted by molar-refractivity contribution is -0.122. The summed E-state index contributed by atoms with van der Waals surface area (Å²) in [4.78, 5) is 11.1. The van der Waals surface area contributed by atoms with Crippen molar-refractivity contribution in [2.45, 2.75) is 13.0 Å². The zero-order chi connectivity index (χ0) is 9.42. The van der Waals surface area contributed by atoms with E-state index in [0.717, 1.165) is 0 Å². The number of fused-ring (bicyclic) bond motifs is 1. The van der Waals surface area contributed by atoms with Crippen molar-refractivity contribution in [3.63, 3.8) is 0 Å². The fourth-order valence-corrected chi connectivity index (χ4v) is 1.19. The molecule has 0 radical (unpaired) electrons. The minimum absolute atomic E-state index is 0.120. The monoisotopic (exact) mass is 181 g/mol. The molecule has 1 heterocycles. The number of benzene rings is 1. The van der Waals surface area contributed by atoms with Crippen LogP contribution in [0.5, 0.6) is 5.75 Å². The van der Waals surface area contributed by atoms with Crippen LogP contribution in [0.4, 0.5) is 10.1 Å². The molecule has 2 rings (SSSR count). The van der Waals surface area contributed by atoms with Gasteiger partial charge in [0.1, 0.15) is 0 Å². The third-order valence-corrected chi connectivity index (χ3v) is 1.89. The Bertz CT molecular complexity index is 365. The van der Waals surface area contributed by atoms with Crippen LogP contribution in [0, 0.1) is 5.82 Å². The van der Waals surface area contributed by atoms with Crippen LogP contribution in [-0.4, -0.2) is 12.0 Å². The number of halogens is 1. The number of ether oxygens (including phenoxy) is 1. The molecule has 13 heavy (non-hydrogen) atoms. The van der Waals surface area contributed by atoms with Crippen LogP contribution >= 0.6 is 0 Å². The number of anilines is 1. The van der Waals surface area contributed by atoms with Gasteiger partial charge in [-0.25, -0.2) is 4.39 Å². The minimum Gasteiger partial charge on any atom is -0.476 e. The van der Waals surface area contributed by atoms with Gasteiger partial charge in [0.25, 0.3) is 5.91 Å². The Hall–Kier alpha value is -1.58. The molecule has 1 atom stereocenters. The molecule has 0 fully saturated rings. The molecular formula is C9H8FNO2. The summed E-state index contributed by atoms with van der Waals surface area (Å²) in [6, 6.07) is 4.42. The van der Waals surface area contributed by atoms with E-state index < -0.39 is 11.9 Å². The molecule has 1 aromatic carbocycles. The molecule has 4 heteroatoms.